The molecule has 2 rings (SSSR count). The van der Waals surface area contributed by atoms with Crippen LogP contribution in [0.15, 0.2) is 12.1 Å². The molecule has 68 valence electrons. The van der Waals surface area contributed by atoms with Gasteiger partial charge < -0.3 is 0 Å². The summed E-state index contributed by atoms with van der Waals surface area (Å²) in [4.78, 5) is 0. The Morgan fingerprint density at radius 2 is 2.08 bits per heavy atom. The Labute approximate surface area is 79.4 Å². The van der Waals surface area contributed by atoms with Gasteiger partial charge in [-0.1, -0.05) is 23.9 Å². The first kappa shape index (κ1) is 8.80. The highest BCUT2D eigenvalue weighted by Crippen LogP contribution is 2.39. The van der Waals surface area contributed by atoms with Crippen molar-refractivity contribution in [1.82, 2.24) is 0 Å². The zero-order chi connectivity index (χ0) is 9.42. The number of benzene rings is 1. The summed E-state index contributed by atoms with van der Waals surface area (Å²) in [5.41, 5.74) is 3.48. The minimum Gasteiger partial charge on any atom is -0.207 e. The molecule has 0 aliphatic heterocycles. The molecular weight excluding hydrogens is 162 g/mol. The second-order valence-electron chi connectivity index (χ2n) is 3.87. The maximum Gasteiger partial charge on any atom is 0.155 e. The minimum absolute atomic E-state index is 0.0544. The van der Waals surface area contributed by atoms with Gasteiger partial charge in [0.2, 0.25) is 0 Å². The number of halogens is 1. The average molecular weight is 176 g/mol. The molecule has 13 heavy (non-hydrogen) atoms. The van der Waals surface area contributed by atoms with Crippen molar-refractivity contribution in [3.05, 3.63) is 29.1 Å². The Balaban J connectivity index is 2.49. The van der Waals surface area contributed by atoms with Crippen molar-refractivity contribution >= 4 is 12.7 Å². The normalized spacial score (nSPS) is 15.9. The van der Waals surface area contributed by atoms with E-state index in [1.54, 1.807) is 6.07 Å². The Kier molecular flexibility index (Phi) is 2.14. The SMILES string of the molecule is CBc1c(C2CC2)ccc(F)c1C. The second kappa shape index (κ2) is 3.17. The van der Waals surface area contributed by atoms with Crippen LogP contribution < -0.4 is 5.46 Å². The number of hydrogen-bond acceptors (Lipinski definition) is 0. The molecule has 0 bridgehead atoms. The van der Waals surface area contributed by atoms with E-state index in [-0.39, 0.29) is 5.82 Å². The molecule has 0 nitrogen and oxygen atoms in total. The van der Waals surface area contributed by atoms with Gasteiger partial charge in [0.1, 0.15) is 5.82 Å². The lowest BCUT2D eigenvalue weighted by Gasteiger charge is -2.10. The van der Waals surface area contributed by atoms with Gasteiger partial charge in [-0.25, -0.2) is 4.39 Å². The molecule has 1 aliphatic carbocycles. The Morgan fingerprint density at radius 1 is 1.38 bits per heavy atom. The molecule has 0 saturated heterocycles. The molecule has 0 N–H and O–H groups in total. The lowest BCUT2D eigenvalue weighted by Crippen LogP contribution is -2.21. The molecule has 1 fully saturated rings. The summed E-state index contributed by atoms with van der Waals surface area (Å²) in [5, 5.41) is 0. The molecule has 1 aromatic carbocycles. The maximum absolute atomic E-state index is 13.2. The van der Waals surface area contributed by atoms with E-state index in [0.29, 0.717) is 0 Å². The zero-order valence-electron chi connectivity index (χ0n) is 8.23. The Bertz CT molecular complexity index is 329. The molecular formula is C11H14BF. The third kappa shape index (κ3) is 1.50. The number of rotatable bonds is 2. The fourth-order valence-electron chi connectivity index (χ4n) is 2.00. The fraction of sp³-hybridized carbons (Fsp3) is 0.455. The van der Waals surface area contributed by atoms with Gasteiger partial charge >= 0.3 is 0 Å². The van der Waals surface area contributed by atoms with E-state index in [1.165, 1.54) is 23.9 Å². The highest BCUT2D eigenvalue weighted by molar-refractivity contribution is 6.53. The first-order valence-corrected chi connectivity index (χ1v) is 5.02. The van der Waals surface area contributed by atoms with Gasteiger partial charge in [-0.05, 0) is 37.3 Å². The summed E-state index contributed by atoms with van der Waals surface area (Å²) < 4.78 is 13.2. The third-order valence-electron chi connectivity index (χ3n) is 2.94. The van der Waals surface area contributed by atoms with Gasteiger partial charge in [0.25, 0.3) is 0 Å². The van der Waals surface area contributed by atoms with Crippen molar-refractivity contribution in [1.29, 1.82) is 0 Å². The van der Waals surface area contributed by atoms with Crippen LogP contribution in [-0.2, 0) is 0 Å². The van der Waals surface area contributed by atoms with Crippen LogP contribution in [0.1, 0.15) is 29.9 Å². The van der Waals surface area contributed by atoms with Gasteiger partial charge in [-0.2, -0.15) is 0 Å². The first-order valence-electron chi connectivity index (χ1n) is 5.02. The highest BCUT2D eigenvalue weighted by atomic mass is 19.1. The molecule has 0 atom stereocenters. The van der Waals surface area contributed by atoms with Gasteiger partial charge in [0.05, 0.1) is 0 Å². The second-order valence-corrected chi connectivity index (χ2v) is 3.87. The molecule has 0 radical (unpaired) electrons. The predicted octanol–water partition coefficient (Wildman–Crippen LogP) is 2.12. The molecule has 0 heterocycles. The van der Waals surface area contributed by atoms with E-state index >= 15 is 0 Å². The van der Waals surface area contributed by atoms with Crippen LogP contribution in [-0.4, -0.2) is 7.28 Å². The largest absolute Gasteiger partial charge is 0.207 e. The van der Waals surface area contributed by atoms with E-state index in [2.05, 4.69) is 6.82 Å². The Morgan fingerprint density at radius 3 is 2.62 bits per heavy atom. The molecule has 1 saturated carbocycles. The summed E-state index contributed by atoms with van der Waals surface area (Å²) in [6, 6.07) is 3.58. The molecule has 0 aromatic heterocycles. The van der Waals surface area contributed by atoms with E-state index in [4.69, 9.17) is 0 Å². The smallest absolute Gasteiger partial charge is 0.155 e. The van der Waals surface area contributed by atoms with E-state index in [9.17, 15) is 4.39 Å². The zero-order valence-corrected chi connectivity index (χ0v) is 8.23. The van der Waals surface area contributed by atoms with Crippen LogP contribution in [0.3, 0.4) is 0 Å². The van der Waals surface area contributed by atoms with Crippen molar-refractivity contribution in [3.63, 3.8) is 0 Å². The Hall–Kier alpha value is -0.785. The van der Waals surface area contributed by atoms with E-state index in [1.807, 2.05) is 13.0 Å². The van der Waals surface area contributed by atoms with Gasteiger partial charge in [0, 0.05) is 0 Å². The van der Waals surface area contributed by atoms with Crippen LogP contribution in [0.25, 0.3) is 0 Å². The monoisotopic (exact) mass is 176 g/mol. The lowest BCUT2D eigenvalue weighted by molar-refractivity contribution is 0.619. The van der Waals surface area contributed by atoms with Crippen molar-refractivity contribution in [3.8, 4) is 0 Å². The minimum atomic E-state index is -0.0544. The van der Waals surface area contributed by atoms with Gasteiger partial charge in [0.15, 0.2) is 7.28 Å². The lowest BCUT2D eigenvalue weighted by atomic mass is 9.68. The van der Waals surface area contributed by atoms with Crippen molar-refractivity contribution in [2.24, 2.45) is 0 Å². The van der Waals surface area contributed by atoms with Crippen molar-refractivity contribution < 1.29 is 4.39 Å². The fourth-order valence-corrected chi connectivity index (χ4v) is 2.00. The molecule has 1 aromatic rings. The molecule has 0 amide bonds. The summed E-state index contributed by atoms with van der Waals surface area (Å²) in [6.45, 7) is 3.99. The number of hydrogen-bond donors (Lipinski definition) is 0. The predicted molar refractivity (Wildman–Crippen MR) is 55.8 cm³/mol. The molecule has 0 spiro atoms. The standard InChI is InChI=1S/C11H14BF/c1-7-10(13)6-5-9(8-3-4-8)11(7)12-2/h5-6,8,12H,3-4H2,1-2H3. The van der Waals surface area contributed by atoms with Crippen LogP contribution in [0.4, 0.5) is 4.39 Å². The van der Waals surface area contributed by atoms with E-state index < -0.39 is 0 Å². The summed E-state index contributed by atoms with van der Waals surface area (Å²) >= 11 is 0. The quantitative estimate of drug-likeness (QED) is 0.605. The topological polar surface area (TPSA) is 0 Å². The van der Waals surface area contributed by atoms with Gasteiger partial charge in [-0.3, -0.25) is 0 Å². The molecule has 0 unspecified atom stereocenters. The third-order valence-corrected chi connectivity index (χ3v) is 2.94. The van der Waals surface area contributed by atoms with Crippen LogP contribution in [0, 0.1) is 12.7 Å². The van der Waals surface area contributed by atoms with Crippen molar-refractivity contribution in [2.75, 3.05) is 0 Å². The summed E-state index contributed by atoms with van der Waals surface area (Å²) in [6.07, 6.45) is 2.58. The molecule has 1 aliphatic rings. The van der Waals surface area contributed by atoms with Crippen LogP contribution in [0.5, 0.6) is 0 Å². The summed E-state index contributed by atoms with van der Waals surface area (Å²) in [5.74, 6) is 0.676. The van der Waals surface area contributed by atoms with E-state index in [0.717, 1.165) is 18.8 Å². The highest BCUT2D eigenvalue weighted by Gasteiger charge is 2.26. The average Bonchev–Trinajstić information content (AvgIpc) is 2.92. The molecule has 2 heteroatoms. The van der Waals surface area contributed by atoms with Crippen molar-refractivity contribution in [2.45, 2.75) is 32.5 Å². The maximum atomic E-state index is 13.2. The first-order chi connectivity index (χ1) is 6.24. The van der Waals surface area contributed by atoms with Gasteiger partial charge in [-0.15, -0.1) is 0 Å². The van der Waals surface area contributed by atoms with Crippen LogP contribution in [0.2, 0.25) is 6.82 Å². The summed E-state index contributed by atoms with van der Waals surface area (Å²) in [7, 11) is 0.954. The van der Waals surface area contributed by atoms with Crippen LogP contribution >= 0.6 is 0 Å².